The number of nitrogens with two attached hydrogens (primary N) is 1. The molecule has 2 aliphatic rings. The zero-order valence-corrected chi connectivity index (χ0v) is 22.7. The van der Waals surface area contributed by atoms with Crippen molar-refractivity contribution in [3.05, 3.63) is 47.5 Å². The lowest BCUT2D eigenvalue weighted by molar-refractivity contribution is -0.140. The second-order valence-electron chi connectivity index (χ2n) is 10.4. The van der Waals surface area contributed by atoms with Crippen LogP contribution in [0.2, 0.25) is 0 Å². The van der Waals surface area contributed by atoms with Gasteiger partial charge in [-0.15, -0.1) is 0 Å². The Morgan fingerprint density at radius 3 is 2.70 bits per heavy atom. The first-order chi connectivity index (χ1) is 19.0. The minimum Gasteiger partial charge on any atom is -0.494 e. The molecule has 0 aliphatic heterocycles. The average molecular weight is 560 g/mol. The summed E-state index contributed by atoms with van der Waals surface area (Å²) in [7, 11) is 3.20. The minimum absolute atomic E-state index is 0.00258. The highest BCUT2D eigenvalue weighted by Gasteiger charge is 2.59. The third-order valence-electron chi connectivity index (χ3n) is 7.84. The fraction of sp³-hybridized carbons (Fsp3) is 0.464. The summed E-state index contributed by atoms with van der Waals surface area (Å²) in [4.78, 5) is 21.7. The van der Waals surface area contributed by atoms with E-state index in [1.165, 1.54) is 19.2 Å². The number of pyridine rings is 1. The van der Waals surface area contributed by atoms with Gasteiger partial charge in [-0.25, -0.2) is 9.97 Å². The summed E-state index contributed by atoms with van der Waals surface area (Å²) in [6.45, 7) is 3.66. The second-order valence-corrected chi connectivity index (χ2v) is 10.4. The fourth-order valence-corrected chi connectivity index (χ4v) is 5.45. The molecule has 2 fully saturated rings. The van der Waals surface area contributed by atoms with Crippen molar-refractivity contribution in [3.63, 3.8) is 0 Å². The monoisotopic (exact) mass is 559 g/mol. The van der Waals surface area contributed by atoms with E-state index in [0.717, 1.165) is 31.7 Å². The maximum Gasteiger partial charge on any atom is 0.433 e. The number of aromatic nitrogens is 2. The Bertz CT molecular complexity index is 1470. The molecule has 0 radical (unpaired) electrons. The van der Waals surface area contributed by atoms with Gasteiger partial charge in [0.15, 0.2) is 11.5 Å². The van der Waals surface area contributed by atoms with Crippen LogP contribution in [-0.4, -0.2) is 48.4 Å². The number of nitrogens with zero attached hydrogens (tertiary/aromatic N) is 2. The van der Waals surface area contributed by atoms with E-state index in [2.05, 4.69) is 20.6 Å². The van der Waals surface area contributed by atoms with Crippen LogP contribution in [0.25, 0.3) is 28.1 Å². The molecule has 214 valence electrons. The van der Waals surface area contributed by atoms with E-state index in [1.807, 2.05) is 14.0 Å². The molecule has 1 spiro atoms. The van der Waals surface area contributed by atoms with Gasteiger partial charge < -0.3 is 24.9 Å². The van der Waals surface area contributed by atoms with Crippen molar-refractivity contribution < 1.29 is 31.9 Å². The van der Waals surface area contributed by atoms with Crippen LogP contribution in [-0.2, 0) is 10.9 Å². The van der Waals surface area contributed by atoms with Crippen molar-refractivity contribution in [1.82, 2.24) is 20.6 Å². The Morgan fingerprint density at radius 1 is 1.25 bits per heavy atom. The third kappa shape index (κ3) is 5.13. The number of carbonyl (C=O) groups excluding carboxylic acids is 1. The number of ether oxygens (including phenoxy) is 2. The highest BCUT2D eigenvalue weighted by atomic mass is 19.4. The van der Waals surface area contributed by atoms with Gasteiger partial charge in [0.1, 0.15) is 23.2 Å². The number of hydrogen-bond acceptors (Lipinski definition) is 8. The summed E-state index contributed by atoms with van der Waals surface area (Å²) < 4.78 is 57.3. The lowest BCUT2D eigenvalue weighted by atomic mass is 10.1. The molecule has 2 saturated carbocycles. The Morgan fingerprint density at radius 2 is 2.02 bits per heavy atom. The molecule has 2 aromatic heterocycles. The molecule has 5 rings (SSSR count). The number of amides is 1. The average Bonchev–Trinajstić information content (AvgIpc) is 3.24. The number of benzene rings is 1. The maximum absolute atomic E-state index is 13.4. The summed E-state index contributed by atoms with van der Waals surface area (Å²) in [6, 6.07) is 5.18. The lowest BCUT2D eigenvalue weighted by Crippen LogP contribution is -2.34. The first-order valence-electron chi connectivity index (χ1n) is 13.1. The van der Waals surface area contributed by atoms with Crippen molar-refractivity contribution in [2.24, 2.45) is 11.1 Å². The van der Waals surface area contributed by atoms with Crippen molar-refractivity contribution in [2.75, 3.05) is 14.2 Å². The molecule has 1 amide bonds. The predicted octanol–water partition coefficient (Wildman–Crippen LogP) is 4.86. The normalized spacial score (nSPS) is 23.5. The third-order valence-corrected chi connectivity index (χ3v) is 7.84. The quantitative estimate of drug-likeness (QED) is 0.334. The van der Waals surface area contributed by atoms with E-state index in [0.29, 0.717) is 10.9 Å². The van der Waals surface area contributed by atoms with Gasteiger partial charge in [-0.3, -0.25) is 10.1 Å². The number of carbonyl (C=O) groups is 1. The number of alkyl halides is 3. The topological polar surface area (TPSA) is 125 Å². The SMILES string of the molecule is C/C=C(\N)c1oc(-c2ccc(OC)c3nc(C(F)(F)F)ccc23)nc1C(=O)NC1CCC2(C1)C[C@@H]2OC(C)NC. The number of nitrogens with one attached hydrogen (secondary N) is 2. The summed E-state index contributed by atoms with van der Waals surface area (Å²) in [5.74, 6) is -0.168. The van der Waals surface area contributed by atoms with Crippen LogP contribution in [0.5, 0.6) is 5.75 Å². The number of allylic oxidation sites excluding steroid dienone is 1. The molecular formula is C28H32F3N5O4. The van der Waals surface area contributed by atoms with Gasteiger partial charge in [0.05, 0.1) is 18.9 Å². The van der Waals surface area contributed by atoms with Crippen molar-refractivity contribution in [3.8, 4) is 17.2 Å². The van der Waals surface area contributed by atoms with Gasteiger partial charge in [-0.05, 0) is 70.8 Å². The molecule has 2 aliphatic carbocycles. The van der Waals surface area contributed by atoms with Crippen molar-refractivity contribution in [2.45, 2.75) is 64.1 Å². The van der Waals surface area contributed by atoms with E-state index in [-0.39, 0.29) is 58.1 Å². The van der Waals surface area contributed by atoms with Crippen LogP contribution in [0, 0.1) is 5.41 Å². The molecule has 1 aromatic carbocycles. The molecule has 4 N–H and O–H groups in total. The lowest BCUT2D eigenvalue weighted by Gasteiger charge is -2.16. The number of fused-ring (bicyclic) bond motifs is 1. The van der Waals surface area contributed by atoms with Crippen LogP contribution in [0.4, 0.5) is 13.2 Å². The predicted molar refractivity (Wildman–Crippen MR) is 142 cm³/mol. The molecule has 3 unspecified atom stereocenters. The summed E-state index contributed by atoms with van der Waals surface area (Å²) >= 11 is 0. The first kappa shape index (κ1) is 27.9. The number of oxazole rings is 1. The number of hydrogen-bond donors (Lipinski definition) is 3. The van der Waals surface area contributed by atoms with E-state index in [1.54, 1.807) is 19.1 Å². The molecule has 9 nitrogen and oxygen atoms in total. The van der Waals surface area contributed by atoms with Gasteiger partial charge in [0.2, 0.25) is 5.89 Å². The van der Waals surface area contributed by atoms with Gasteiger partial charge in [-0.1, -0.05) is 6.08 Å². The number of rotatable bonds is 8. The smallest absolute Gasteiger partial charge is 0.433 e. The van der Waals surface area contributed by atoms with Crippen LogP contribution >= 0.6 is 0 Å². The zero-order chi connectivity index (χ0) is 28.8. The number of halogens is 3. The van der Waals surface area contributed by atoms with Gasteiger partial charge >= 0.3 is 6.18 Å². The zero-order valence-electron chi connectivity index (χ0n) is 22.7. The van der Waals surface area contributed by atoms with Crippen LogP contribution in [0.3, 0.4) is 0 Å². The second kappa shape index (κ2) is 10.4. The van der Waals surface area contributed by atoms with E-state index in [4.69, 9.17) is 19.6 Å². The van der Waals surface area contributed by atoms with Crippen LogP contribution in [0.15, 0.2) is 34.8 Å². The van der Waals surface area contributed by atoms with Crippen molar-refractivity contribution in [1.29, 1.82) is 0 Å². The number of methoxy groups -OCH3 is 1. The molecule has 40 heavy (non-hydrogen) atoms. The largest absolute Gasteiger partial charge is 0.494 e. The van der Waals surface area contributed by atoms with E-state index >= 15 is 0 Å². The standard InChI is InChI=1S/C28H32F3N5O4/c1-5-18(32)24-23(25(37)34-15-10-11-27(12-15)13-21(27)39-14(2)33-3)36-26(40-24)17-6-8-19(38-4)22-16(17)7-9-20(35-22)28(29,30)31/h5-9,14-15,21,33H,10-13,32H2,1-4H3,(H,34,37)/b18-5-/t14?,15?,21-,27?/m0/s1. The van der Waals surface area contributed by atoms with Gasteiger partial charge in [0, 0.05) is 22.4 Å². The van der Waals surface area contributed by atoms with Crippen LogP contribution < -0.4 is 21.1 Å². The fourth-order valence-electron chi connectivity index (χ4n) is 5.45. The summed E-state index contributed by atoms with van der Waals surface area (Å²) in [6.07, 6.45) is 0.617. The molecule has 12 heteroatoms. The minimum atomic E-state index is -4.63. The maximum atomic E-state index is 13.4. The van der Waals surface area contributed by atoms with Gasteiger partial charge in [-0.2, -0.15) is 13.2 Å². The Hall–Kier alpha value is -3.64. The molecular weight excluding hydrogens is 527 g/mol. The van der Waals surface area contributed by atoms with E-state index in [9.17, 15) is 18.0 Å². The Labute approximate surface area is 229 Å². The molecule has 2 heterocycles. The Balaban J connectivity index is 1.44. The first-order valence-corrected chi connectivity index (χ1v) is 13.1. The molecule has 3 aromatic rings. The van der Waals surface area contributed by atoms with Gasteiger partial charge in [0.25, 0.3) is 5.91 Å². The highest BCUT2D eigenvalue weighted by molar-refractivity contribution is 5.99. The molecule has 0 bridgehead atoms. The van der Waals surface area contributed by atoms with E-state index < -0.39 is 17.8 Å². The highest BCUT2D eigenvalue weighted by Crippen LogP contribution is 2.59. The van der Waals surface area contributed by atoms with Crippen LogP contribution in [0.1, 0.15) is 61.5 Å². The Kier molecular flexibility index (Phi) is 7.26. The summed E-state index contributed by atoms with van der Waals surface area (Å²) in [5, 5.41) is 6.47. The summed E-state index contributed by atoms with van der Waals surface area (Å²) in [5.41, 5.74) is 5.72. The molecule has 4 atom stereocenters. The van der Waals surface area contributed by atoms with Crippen molar-refractivity contribution >= 4 is 22.5 Å². The molecule has 0 saturated heterocycles.